The fourth-order valence-corrected chi connectivity index (χ4v) is 2.51. The highest BCUT2D eigenvalue weighted by Gasteiger charge is 2.15. The molecule has 1 rings (SSSR count). The summed E-state index contributed by atoms with van der Waals surface area (Å²) in [5.41, 5.74) is 5.78. The Bertz CT molecular complexity index is 324. The minimum Gasteiger partial charge on any atom is -0.348 e. The maximum atomic E-state index is 11.8. The average Bonchev–Trinajstić information content (AvgIpc) is 2.81. The van der Waals surface area contributed by atoms with E-state index in [1.807, 2.05) is 18.4 Å². The molecule has 2 atom stereocenters. The second kappa shape index (κ2) is 7.45. The van der Waals surface area contributed by atoms with Crippen molar-refractivity contribution in [2.75, 3.05) is 0 Å². The third-order valence-corrected chi connectivity index (χ3v) is 3.76. The number of hydrogen-bond donors (Lipinski definition) is 2. The maximum Gasteiger partial charge on any atom is 0.222 e. The molecule has 0 radical (unpaired) electrons. The summed E-state index contributed by atoms with van der Waals surface area (Å²) in [7, 11) is 0. The van der Waals surface area contributed by atoms with Crippen molar-refractivity contribution in [2.45, 2.75) is 51.6 Å². The van der Waals surface area contributed by atoms with Gasteiger partial charge in [-0.25, -0.2) is 0 Å². The van der Waals surface area contributed by atoms with Crippen molar-refractivity contribution >= 4 is 17.2 Å². The third kappa shape index (κ3) is 4.88. The van der Waals surface area contributed by atoms with Gasteiger partial charge in [0.25, 0.3) is 0 Å². The number of thiophene rings is 1. The van der Waals surface area contributed by atoms with E-state index in [2.05, 4.69) is 18.3 Å². The lowest BCUT2D eigenvalue weighted by Gasteiger charge is -2.18. The minimum atomic E-state index is -0.0272. The monoisotopic (exact) mass is 254 g/mol. The van der Waals surface area contributed by atoms with E-state index in [4.69, 9.17) is 5.73 Å². The zero-order chi connectivity index (χ0) is 12.7. The van der Waals surface area contributed by atoms with Crippen molar-refractivity contribution < 1.29 is 4.79 Å². The van der Waals surface area contributed by atoms with Gasteiger partial charge in [-0.1, -0.05) is 26.3 Å². The Morgan fingerprint density at radius 1 is 1.53 bits per heavy atom. The maximum absolute atomic E-state index is 11.8. The first-order chi connectivity index (χ1) is 8.17. The van der Waals surface area contributed by atoms with Crippen molar-refractivity contribution in [3.63, 3.8) is 0 Å². The molecule has 3 N–H and O–H groups in total. The van der Waals surface area contributed by atoms with E-state index in [0.29, 0.717) is 6.42 Å². The van der Waals surface area contributed by atoms with E-state index < -0.39 is 0 Å². The van der Waals surface area contributed by atoms with E-state index in [9.17, 15) is 4.79 Å². The first-order valence-corrected chi connectivity index (χ1v) is 7.13. The SMILES string of the molecule is CCCC(NC(=O)CC(N)CC)c1cccs1. The van der Waals surface area contributed by atoms with Crippen LogP contribution in [0.15, 0.2) is 17.5 Å². The number of hydrogen-bond acceptors (Lipinski definition) is 3. The zero-order valence-corrected chi connectivity index (χ0v) is 11.4. The number of rotatable bonds is 7. The molecule has 0 aliphatic heterocycles. The van der Waals surface area contributed by atoms with Gasteiger partial charge in [0.05, 0.1) is 6.04 Å². The average molecular weight is 254 g/mol. The van der Waals surface area contributed by atoms with Gasteiger partial charge in [0.1, 0.15) is 0 Å². The normalized spacial score (nSPS) is 14.3. The summed E-state index contributed by atoms with van der Waals surface area (Å²) >= 11 is 1.69. The molecule has 0 saturated heterocycles. The summed E-state index contributed by atoms with van der Waals surface area (Å²) in [6, 6.07) is 4.22. The van der Waals surface area contributed by atoms with Gasteiger partial charge in [-0.3, -0.25) is 4.79 Å². The number of carbonyl (C=O) groups is 1. The molecule has 4 heteroatoms. The smallest absolute Gasteiger partial charge is 0.222 e. The van der Waals surface area contributed by atoms with Crippen LogP contribution >= 0.6 is 11.3 Å². The lowest BCUT2D eigenvalue weighted by molar-refractivity contribution is -0.122. The fraction of sp³-hybridized carbons (Fsp3) is 0.615. The standard InChI is InChI=1S/C13H22N2OS/c1-3-6-11(12-7-5-8-17-12)15-13(16)9-10(14)4-2/h5,7-8,10-11H,3-4,6,9,14H2,1-2H3,(H,15,16). The van der Waals surface area contributed by atoms with E-state index in [0.717, 1.165) is 19.3 Å². The second-order valence-corrected chi connectivity index (χ2v) is 5.28. The van der Waals surface area contributed by atoms with Crippen molar-refractivity contribution in [1.29, 1.82) is 0 Å². The molecule has 0 aliphatic rings. The van der Waals surface area contributed by atoms with Crippen LogP contribution in [0.1, 0.15) is 50.4 Å². The lowest BCUT2D eigenvalue weighted by atomic mass is 10.1. The van der Waals surface area contributed by atoms with Crippen LogP contribution in [0.3, 0.4) is 0 Å². The van der Waals surface area contributed by atoms with E-state index >= 15 is 0 Å². The Morgan fingerprint density at radius 2 is 2.29 bits per heavy atom. The summed E-state index contributed by atoms with van der Waals surface area (Å²) in [5, 5.41) is 5.12. The van der Waals surface area contributed by atoms with Crippen molar-refractivity contribution in [2.24, 2.45) is 5.73 Å². The number of nitrogens with one attached hydrogen (secondary N) is 1. The van der Waals surface area contributed by atoms with E-state index in [-0.39, 0.29) is 18.0 Å². The molecule has 1 aromatic rings. The Hall–Kier alpha value is -0.870. The van der Waals surface area contributed by atoms with Crippen LogP contribution in [-0.2, 0) is 4.79 Å². The van der Waals surface area contributed by atoms with Gasteiger partial charge in [-0.15, -0.1) is 11.3 Å². The molecular weight excluding hydrogens is 232 g/mol. The van der Waals surface area contributed by atoms with Gasteiger partial charge in [-0.05, 0) is 24.3 Å². The van der Waals surface area contributed by atoms with Gasteiger partial charge < -0.3 is 11.1 Å². The predicted molar refractivity (Wildman–Crippen MR) is 73.0 cm³/mol. The third-order valence-electron chi connectivity index (χ3n) is 2.77. The quantitative estimate of drug-likeness (QED) is 0.786. The largest absolute Gasteiger partial charge is 0.348 e. The first-order valence-electron chi connectivity index (χ1n) is 6.25. The number of carbonyl (C=O) groups excluding carboxylic acids is 1. The van der Waals surface area contributed by atoms with Crippen LogP contribution in [0.5, 0.6) is 0 Å². The molecule has 1 amide bonds. The van der Waals surface area contributed by atoms with Crippen LogP contribution in [0.2, 0.25) is 0 Å². The minimum absolute atomic E-state index is 0.0272. The molecule has 96 valence electrons. The highest BCUT2D eigenvalue weighted by atomic mass is 32.1. The molecule has 0 saturated carbocycles. The van der Waals surface area contributed by atoms with Crippen molar-refractivity contribution in [3.05, 3.63) is 22.4 Å². The van der Waals surface area contributed by atoms with Crippen LogP contribution in [0, 0.1) is 0 Å². The van der Waals surface area contributed by atoms with Crippen molar-refractivity contribution in [3.8, 4) is 0 Å². The van der Waals surface area contributed by atoms with Crippen LogP contribution in [0.25, 0.3) is 0 Å². The molecule has 0 aliphatic carbocycles. The zero-order valence-electron chi connectivity index (χ0n) is 10.6. The summed E-state index contributed by atoms with van der Waals surface area (Å²) < 4.78 is 0. The molecule has 1 aromatic heterocycles. The first kappa shape index (κ1) is 14.2. The highest BCUT2D eigenvalue weighted by Crippen LogP contribution is 2.23. The molecule has 0 fully saturated rings. The van der Waals surface area contributed by atoms with E-state index in [1.54, 1.807) is 11.3 Å². The second-order valence-electron chi connectivity index (χ2n) is 4.30. The molecule has 17 heavy (non-hydrogen) atoms. The lowest BCUT2D eigenvalue weighted by Crippen LogP contribution is -2.33. The summed E-state index contributed by atoms with van der Waals surface area (Å²) in [6.45, 7) is 4.13. The molecule has 0 bridgehead atoms. The van der Waals surface area contributed by atoms with E-state index in [1.165, 1.54) is 4.88 Å². The molecule has 1 heterocycles. The topological polar surface area (TPSA) is 55.1 Å². The Morgan fingerprint density at radius 3 is 2.82 bits per heavy atom. The van der Waals surface area contributed by atoms with Crippen LogP contribution in [-0.4, -0.2) is 11.9 Å². The Kier molecular flexibility index (Phi) is 6.22. The summed E-state index contributed by atoms with van der Waals surface area (Å²) in [5.74, 6) is 0.0613. The molecule has 3 nitrogen and oxygen atoms in total. The summed E-state index contributed by atoms with van der Waals surface area (Å²) in [4.78, 5) is 13.0. The van der Waals surface area contributed by atoms with Crippen LogP contribution < -0.4 is 11.1 Å². The predicted octanol–water partition coefficient (Wildman–Crippen LogP) is 2.83. The fourth-order valence-electron chi connectivity index (χ4n) is 1.70. The summed E-state index contributed by atoms with van der Waals surface area (Å²) in [6.07, 6.45) is 3.29. The van der Waals surface area contributed by atoms with Crippen LogP contribution in [0.4, 0.5) is 0 Å². The number of nitrogens with two attached hydrogens (primary N) is 1. The Balaban J connectivity index is 2.52. The van der Waals surface area contributed by atoms with Gasteiger partial charge in [0, 0.05) is 17.3 Å². The van der Waals surface area contributed by atoms with Gasteiger partial charge in [0.2, 0.25) is 5.91 Å². The molecule has 0 spiro atoms. The molecular formula is C13H22N2OS. The molecule has 2 unspecified atom stereocenters. The van der Waals surface area contributed by atoms with Gasteiger partial charge in [-0.2, -0.15) is 0 Å². The Labute approximate surface area is 107 Å². The number of amides is 1. The van der Waals surface area contributed by atoms with Gasteiger partial charge >= 0.3 is 0 Å². The van der Waals surface area contributed by atoms with Crippen molar-refractivity contribution in [1.82, 2.24) is 5.32 Å². The molecule has 0 aromatic carbocycles. The highest BCUT2D eigenvalue weighted by molar-refractivity contribution is 7.10. The van der Waals surface area contributed by atoms with Gasteiger partial charge in [0.15, 0.2) is 0 Å².